The molecule has 84 valence electrons. The summed E-state index contributed by atoms with van der Waals surface area (Å²) in [6.07, 6.45) is 3.35. The van der Waals surface area contributed by atoms with Crippen LogP contribution in [0.3, 0.4) is 0 Å². The molecule has 0 radical (unpaired) electrons. The van der Waals surface area contributed by atoms with E-state index in [2.05, 4.69) is 0 Å². The molecule has 0 unspecified atom stereocenters. The topological polar surface area (TPSA) is 50.5 Å². The lowest BCUT2D eigenvalue weighted by molar-refractivity contribution is 0.340. The summed E-state index contributed by atoms with van der Waals surface area (Å²) in [6, 6.07) is 3.54. The average Bonchev–Trinajstić information content (AvgIpc) is 2.87. The lowest BCUT2D eigenvalue weighted by atomic mass is 10.2. The fraction of sp³-hybridized carbons (Fsp3) is 0.600. The third kappa shape index (κ3) is 1.94. The van der Waals surface area contributed by atoms with Crippen molar-refractivity contribution in [1.29, 1.82) is 0 Å². The zero-order valence-corrected chi connectivity index (χ0v) is 9.53. The summed E-state index contributed by atoms with van der Waals surface area (Å²) in [5, 5.41) is 0. The van der Waals surface area contributed by atoms with Gasteiger partial charge in [-0.2, -0.15) is 4.31 Å². The highest BCUT2D eigenvalue weighted by atomic mass is 32.2. The first-order valence-electron chi connectivity index (χ1n) is 5.18. The Morgan fingerprint density at radius 2 is 2.40 bits per heavy atom. The Labute approximate surface area is 89.9 Å². The maximum atomic E-state index is 11.8. The van der Waals surface area contributed by atoms with Crippen LogP contribution in [0.15, 0.2) is 22.8 Å². The number of rotatable bonds is 3. The maximum absolute atomic E-state index is 11.8. The highest BCUT2D eigenvalue weighted by molar-refractivity contribution is 7.89. The van der Waals surface area contributed by atoms with Crippen LogP contribution in [0.4, 0.5) is 0 Å². The van der Waals surface area contributed by atoms with Crippen LogP contribution in [-0.2, 0) is 10.0 Å². The highest BCUT2D eigenvalue weighted by Crippen LogP contribution is 2.34. The Bertz CT molecular complexity index is 410. The van der Waals surface area contributed by atoms with Gasteiger partial charge in [0, 0.05) is 6.54 Å². The standard InChI is InChI=1S/C10H15NO3S/c1-2-15(12,13)11-7-3-5-9(11)10-6-4-8-14-10/h4,6,8-9H,2-3,5,7H2,1H3/t9-/m1/s1. The van der Waals surface area contributed by atoms with Gasteiger partial charge in [0.1, 0.15) is 5.76 Å². The predicted molar refractivity (Wildman–Crippen MR) is 56.8 cm³/mol. The van der Waals surface area contributed by atoms with Crippen LogP contribution in [0.5, 0.6) is 0 Å². The van der Waals surface area contributed by atoms with Crippen molar-refractivity contribution < 1.29 is 12.8 Å². The van der Waals surface area contributed by atoms with Crippen molar-refractivity contribution in [2.45, 2.75) is 25.8 Å². The van der Waals surface area contributed by atoms with E-state index in [1.807, 2.05) is 6.07 Å². The molecule has 0 N–H and O–H groups in total. The zero-order valence-electron chi connectivity index (χ0n) is 8.72. The molecule has 0 amide bonds. The first-order chi connectivity index (χ1) is 7.15. The smallest absolute Gasteiger partial charge is 0.214 e. The zero-order chi connectivity index (χ0) is 10.9. The van der Waals surface area contributed by atoms with Gasteiger partial charge in [0.05, 0.1) is 18.1 Å². The SMILES string of the molecule is CCS(=O)(=O)N1CCC[C@@H]1c1ccco1. The van der Waals surface area contributed by atoms with Crippen LogP contribution in [0.1, 0.15) is 31.6 Å². The summed E-state index contributed by atoms with van der Waals surface area (Å²) in [4.78, 5) is 0. The van der Waals surface area contributed by atoms with Crippen molar-refractivity contribution in [2.24, 2.45) is 0 Å². The van der Waals surface area contributed by atoms with Crippen molar-refractivity contribution >= 4 is 10.0 Å². The number of nitrogens with zero attached hydrogens (tertiary/aromatic N) is 1. The van der Waals surface area contributed by atoms with Crippen LogP contribution in [0.25, 0.3) is 0 Å². The van der Waals surface area contributed by atoms with Gasteiger partial charge in [0.25, 0.3) is 0 Å². The van der Waals surface area contributed by atoms with Crippen LogP contribution in [0, 0.1) is 0 Å². The lowest BCUT2D eigenvalue weighted by Gasteiger charge is -2.21. The molecule has 1 fully saturated rings. The third-order valence-electron chi connectivity index (χ3n) is 2.80. The molecule has 4 nitrogen and oxygen atoms in total. The van der Waals surface area contributed by atoms with Gasteiger partial charge in [-0.3, -0.25) is 0 Å². The second-order valence-corrected chi connectivity index (χ2v) is 5.89. The fourth-order valence-electron chi connectivity index (χ4n) is 2.00. The molecule has 0 spiro atoms. The molecule has 2 heterocycles. The Kier molecular flexibility index (Phi) is 2.84. The summed E-state index contributed by atoms with van der Waals surface area (Å²) < 4.78 is 30.4. The monoisotopic (exact) mass is 229 g/mol. The van der Waals surface area contributed by atoms with E-state index in [0.29, 0.717) is 6.54 Å². The van der Waals surface area contributed by atoms with E-state index in [1.54, 1.807) is 23.6 Å². The van der Waals surface area contributed by atoms with E-state index in [-0.39, 0.29) is 11.8 Å². The van der Waals surface area contributed by atoms with Crippen LogP contribution >= 0.6 is 0 Å². The molecule has 1 atom stereocenters. The van der Waals surface area contributed by atoms with Gasteiger partial charge in [-0.05, 0) is 31.9 Å². The molecular formula is C10H15NO3S. The van der Waals surface area contributed by atoms with E-state index in [1.165, 1.54) is 0 Å². The van der Waals surface area contributed by atoms with E-state index in [4.69, 9.17) is 4.42 Å². The van der Waals surface area contributed by atoms with Crippen molar-refractivity contribution in [1.82, 2.24) is 4.31 Å². The normalized spacial score (nSPS) is 23.4. The Morgan fingerprint density at radius 1 is 1.60 bits per heavy atom. The average molecular weight is 229 g/mol. The fourth-order valence-corrected chi connectivity index (χ4v) is 3.34. The third-order valence-corrected chi connectivity index (χ3v) is 4.68. The minimum absolute atomic E-state index is 0.0926. The van der Waals surface area contributed by atoms with Crippen molar-refractivity contribution in [3.8, 4) is 0 Å². The second-order valence-electron chi connectivity index (χ2n) is 3.68. The van der Waals surface area contributed by atoms with Crippen molar-refractivity contribution in [3.05, 3.63) is 24.2 Å². The minimum atomic E-state index is -3.10. The summed E-state index contributed by atoms with van der Waals surface area (Å²) in [7, 11) is -3.10. The second kappa shape index (κ2) is 3.98. The number of sulfonamides is 1. The molecule has 0 saturated carbocycles. The van der Waals surface area contributed by atoms with Gasteiger partial charge in [0.15, 0.2) is 0 Å². The molecule has 1 aliphatic rings. The molecular weight excluding hydrogens is 214 g/mol. The molecule has 1 aromatic heterocycles. The molecule has 0 aliphatic carbocycles. The molecule has 5 heteroatoms. The summed E-state index contributed by atoms with van der Waals surface area (Å²) in [6.45, 7) is 2.29. The Balaban J connectivity index is 2.27. The molecule has 15 heavy (non-hydrogen) atoms. The van der Waals surface area contributed by atoms with E-state index >= 15 is 0 Å². The number of hydrogen-bond acceptors (Lipinski definition) is 3. The van der Waals surface area contributed by atoms with Crippen LogP contribution < -0.4 is 0 Å². The Hall–Kier alpha value is -0.810. The molecule has 1 aliphatic heterocycles. The lowest BCUT2D eigenvalue weighted by Crippen LogP contribution is -2.31. The van der Waals surface area contributed by atoms with Gasteiger partial charge in [-0.25, -0.2) is 8.42 Å². The quantitative estimate of drug-likeness (QED) is 0.793. The van der Waals surface area contributed by atoms with Crippen molar-refractivity contribution in [3.63, 3.8) is 0 Å². The summed E-state index contributed by atoms with van der Waals surface area (Å²) in [5.74, 6) is 0.911. The largest absolute Gasteiger partial charge is 0.468 e. The molecule has 2 rings (SSSR count). The van der Waals surface area contributed by atoms with Crippen LogP contribution in [0.2, 0.25) is 0 Å². The first kappa shape index (κ1) is 10.7. The van der Waals surface area contributed by atoms with Gasteiger partial charge >= 0.3 is 0 Å². The molecule has 0 bridgehead atoms. The van der Waals surface area contributed by atoms with Gasteiger partial charge in [0.2, 0.25) is 10.0 Å². The van der Waals surface area contributed by atoms with Gasteiger partial charge in [-0.15, -0.1) is 0 Å². The first-order valence-corrected chi connectivity index (χ1v) is 6.79. The summed E-state index contributed by atoms with van der Waals surface area (Å²) in [5.41, 5.74) is 0. The number of hydrogen-bond donors (Lipinski definition) is 0. The van der Waals surface area contributed by atoms with Crippen LogP contribution in [-0.4, -0.2) is 25.0 Å². The minimum Gasteiger partial charge on any atom is -0.468 e. The summed E-state index contributed by atoms with van der Waals surface area (Å²) >= 11 is 0. The van der Waals surface area contributed by atoms with E-state index < -0.39 is 10.0 Å². The predicted octanol–water partition coefficient (Wildman–Crippen LogP) is 1.77. The molecule has 0 aromatic carbocycles. The van der Waals surface area contributed by atoms with Gasteiger partial charge in [-0.1, -0.05) is 0 Å². The maximum Gasteiger partial charge on any atom is 0.214 e. The Morgan fingerprint density at radius 3 is 3.00 bits per heavy atom. The van der Waals surface area contributed by atoms with Crippen molar-refractivity contribution in [2.75, 3.05) is 12.3 Å². The number of furan rings is 1. The molecule has 1 saturated heterocycles. The van der Waals surface area contributed by atoms with Gasteiger partial charge < -0.3 is 4.42 Å². The van der Waals surface area contributed by atoms with E-state index in [9.17, 15) is 8.42 Å². The highest BCUT2D eigenvalue weighted by Gasteiger charge is 2.35. The van der Waals surface area contributed by atoms with E-state index in [0.717, 1.165) is 18.6 Å². The molecule has 1 aromatic rings.